The molecule has 0 aliphatic heterocycles. The van der Waals surface area contributed by atoms with Crippen LogP contribution in [0.25, 0.3) is 0 Å². The molecule has 35 heavy (non-hydrogen) atoms. The van der Waals surface area contributed by atoms with Crippen LogP contribution in [0.3, 0.4) is 0 Å². The molecule has 0 unspecified atom stereocenters. The van der Waals surface area contributed by atoms with E-state index < -0.39 is 11.6 Å². The molecule has 0 radical (unpaired) electrons. The van der Waals surface area contributed by atoms with Gasteiger partial charge in [-0.3, -0.25) is 9.59 Å². The Morgan fingerprint density at radius 1 is 1.00 bits per heavy atom. The lowest BCUT2D eigenvalue weighted by atomic mass is 10.1. The molecule has 0 saturated carbocycles. The van der Waals surface area contributed by atoms with Gasteiger partial charge in [0.2, 0.25) is 11.8 Å². The van der Waals surface area contributed by atoms with Crippen LogP contribution in [-0.2, 0) is 22.6 Å². The Balaban J connectivity index is 2.26. The number of nitrogens with one attached hydrogen (secondary N) is 1. The summed E-state index contributed by atoms with van der Waals surface area (Å²) in [5.74, 6) is 0.905. The molecular weight excluding hydrogens is 487 g/mol. The second kappa shape index (κ2) is 13.0. The zero-order valence-electron chi connectivity index (χ0n) is 21.4. The average Bonchev–Trinajstić information content (AvgIpc) is 2.77. The van der Waals surface area contributed by atoms with Gasteiger partial charge in [-0.1, -0.05) is 35.3 Å². The fraction of sp³-hybridized carbons (Fsp3) is 0.481. The number of halogens is 2. The predicted octanol–water partition coefficient (Wildman–Crippen LogP) is 6.06. The van der Waals surface area contributed by atoms with Crippen molar-refractivity contribution in [3.8, 4) is 11.5 Å². The maximum atomic E-state index is 13.4. The Labute approximate surface area is 218 Å². The van der Waals surface area contributed by atoms with Gasteiger partial charge in [-0.05, 0) is 77.8 Å². The lowest BCUT2D eigenvalue weighted by molar-refractivity contribution is -0.141. The summed E-state index contributed by atoms with van der Waals surface area (Å²) in [6, 6.07) is 10.2. The standard InChI is InChI=1S/C27H36Cl2N2O4/c1-7-34-23-14-12-19(16-24(23)35-8-2)13-15-25(32)31(18(3)26(33)30-27(4,5)6)17-20-21(28)10-9-11-22(20)29/h9-12,14,16,18H,7-8,13,15,17H2,1-6H3,(H,30,33)/t18-/m0/s1. The van der Waals surface area contributed by atoms with Crippen molar-refractivity contribution in [3.63, 3.8) is 0 Å². The van der Waals surface area contributed by atoms with Crippen molar-refractivity contribution in [2.75, 3.05) is 13.2 Å². The first-order chi connectivity index (χ1) is 16.5. The zero-order valence-corrected chi connectivity index (χ0v) is 22.9. The molecule has 0 aliphatic rings. The lowest BCUT2D eigenvalue weighted by Crippen LogP contribution is -2.52. The van der Waals surface area contributed by atoms with Crippen LogP contribution in [0.15, 0.2) is 36.4 Å². The number of benzene rings is 2. The van der Waals surface area contributed by atoms with E-state index in [0.717, 1.165) is 5.56 Å². The molecule has 2 rings (SSSR count). The first-order valence-electron chi connectivity index (χ1n) is 11.9. The summed E-state index contributed by atoms with van der Waals surface area (Å²) in [4.78, 5) is 27.9. The smallest absolute Gasteiger partial charge is 0.242 e. The van der Waals surface area contributed by atoms with Crippen LogP contribution in [0.2, 0.25) is 10.0 Å². The third-order valence-corrected chi connectivity index (χ3v) is 6.00. The van der Waals surface area contributed by atoms with Crippen molar-refractivity contribution in [1.29, 1.82) is 0 Å². The van der Waals surface area contributed by atoms with E-state index in [1.165, 1.54) is 4.90 Å². The van der Waals surface area contributed by atoms with Crippen molar-refractivity contribution < 1.29 is 19.1 Å². The fourth-order valence-electron chi connectivity index (χ4n) is 3.56. The van der Waals surface area contributed by atoms with E-state index in [-0.39, 0.29) is 24.8 Å². The van der Waals surface area contributed by atoms with E-state index in [9.17, 15) is 9.59 Å². The minimum absolute atomic E-state index is 0.129. The van der Waals surface area contributed by atoms with Crippen LogP contribution in [-0.4, -0.2) is 41.5 Å². The van der Waals surface area contributed by atoms with Crippen LogP contribution in [0, 0.1) is 0 Å². The number of hydrogen-bond donors (Lipinski definition) is 1. The lowest BCUT2D eigenvalue weighted by Gasteiger charge is -2.32. The molecule has 2 aromatic rings. The average molecular weight is 524 g/mol. The summed E-state index contributed by atoms with van der Waals surface area (Å²) < 4.78 is 11.3. The highest BCUT2D eigenvalue weighted by Gasteiger charge is 2.29. The second-order valence-corrected chi connectivity index (χ2v) is 10.1. The Bertz CT molecular complexity index is 1000. The molecule has 1 N–H and O–H groups in total. The van der Waals surface area contributed by atoms with Gasteiger partial charge in [-0.15, -0.1) is 0 Å². The van der Waals surface area contributed by atoms with E-state index in [2.05, 4.69) is 5.32 Å². The minimum Gasteiger partial charge on any atom is -0.490 e. The molecule has 192 valence electrons. The summed E-state index contributed by atoms with van der Waals surface area (Å²) in [5.41, 5.74) is 1.12. The molecule has 2 aromatic carbocycles. The third kappa shape index (κ3) is 8.62. The highest BCUT2D eigenvalue weighted by atomic mass is 35.5. The zero-order chi connectivity index (χ0) is 26.2. The van der Waals surface area contributed by atoms with Crippen LogP contribution in [0.1, 0.15) is 59.1 Å². The van der Waals surface area contributed by atoms with Gasteiger partial charge in [0.25, 0.3) is 0 Å². The molecule has 0 aliphatic carbocycles. The number of amides is 2. The summed E-state index contributed by atoms with van der Waals surface area (Å²) >= 11 is 12.8. The summed E-state index contributed by atoms with van der Waals surface area (Å²) in [6.07, 6.45) is 0.681. The van der Waals surface area contributed by atoms with Crippen molar-refractivity contribution in [1.82, 2.24) is 10.2 Å². The molecule has 0 saturated heterocycles. The second-order valence-electron chi connectivity index (χ2n) is 9.28. The van der Waals surface area contributed by atoms with Gasteiger partial charge in [0, 0.05) is 34.1 Å². The van der Waals surface area contributed by atoms with Crippen LogP contribution < -0.4 is 14.8 Å². The Morgan fingerprint density at radius 3 is 2.17 bits per heavy atom. The molecule has 0 fully saturated rings. The van der Waals surface area contributed by atoms with E-state index in [1.54, 1.807) is 25.1 Å². The largest absolute Gasteiger partial charge is 0.490 e. The van der Waals surface area contributed by atoms with Gasteiger partial charge in [0.05, 0.1) is 13.2 Å². The normalized spacial score (nSPS) is 12.1. The number of hydrogen-bond acceptors (Lipinski definition) is 4. The van der Waals surface area contributed by atoms with Gasteiger partial charge in [-0.2, -0.15) is 0 Å². The highest BCUT2D eigenvalue weighted by molar-refractivity contribution is 6.36. The number of ether oxygens (including phenoxy) is 2. The number of aryl methyl sites for hydroxylation is 1. The van der Waals surface area contributed by atoms with Crippen molar-refractivity contribution in [2.45, 2.75) is 72.5 Å². The van der Waals surface area contributed by atoms with Crippen LogP contribution >= 0.6 is 23.2 Å². The third-order valence-electron chi connectivity index (χ3n) is 5.29. The molecule has 0 heterocycles. The van der Waals surface area contributed by atoms with E-state index in [1.807, 2.05) is 52.8 Å². The van der Waals surface area contributed by atoms with Crippen molar-refractivity contribution in [2.24, 2.45) is 0 Å². The van der Waals surface area contributed by atoms with Crippen molar-refractivity contribution in [3.05, 3.63) is 57.6 Å². The number of carbonyl (C=O) groups is 2. The van der Waals surface area contributed by atoms with Crippen molar-refractivity contribution >= 4 is 35.0 Å². The first kappa shape index (κ1) is 28.8. The molecule has 1 atom stereocenters. The maximum absolute atomic E-state index is 13.4. The molecular formula is C27H36Cl2N2O4. The van der Waals surface area contributed by atoms with E-state index >= 15 is 0 Å². The Morgan fingerprint density at radius 2 is 1.60 bits per heavy atom. The van der Waals surface area contributed by atoms with Gasteiger partial charge >= 0.3 is 0 Å². The van der Waals surface area contributed by atoms with E-state index in [0.29, 0.717) is 46.7 Å². The number of nitrogens with zero attached hydrogens (tertiary/aromatic N) is 1. The number of rotatable bonds is 11. The van der Waals surface area contributed by atoms with Crippen LogP contribution in [0.5, 0.6) is 11.5 Å². The van der Waals surface area contributed by atoms with Gasteiger partial charge in [-0.25, -0.2) is 0 Å². The molecule has 2 amide bonds. The number of carbonyl (C=O) groups excluding carboxylic acids is 2. The molecule has 0 bridgehead atoms. The Kier molecular flexibility index (Phi) is 10.7. The van der Waals surface area contributed by atoms with Gasteiger partial charge < -0.3 is 19.7 Å². The summed E-state index contributed by atoms with van der Waals surface area (Å²) in [5, 5.41) is 3.85. The SMILES string of the molecule is CCOc1ccc(CCC(=O)N(Cc2c(Cl)cccc2Cl)[C@@H](C)C(=O)NC(C)(C)C)cc1OCC. The molecule has 0 aromatic heterocycles. The fourth-order valence-corrected chi connectivity index (χ4v) is 4.07. The first-order valence-corrected chi connectivity index (χ1v) is 12.6. The quantitative estimate of drug-likeness (QED) is 0.389. The highest BCUT2D eigenvalue weighted by Crippen LogP contribution is 2.30. The van der Waals surface area contributed by atoms with Crippen LogP contribution in [0.4, 0.5) is 0 Å². The monoisotopic (exact) mass is 522 g/mol. The minimum atomic E-state index is -0.714. The molecule has 8 heteroatoms. The summed E-state index contributed by atoms with van der Waals surface area (Å²) in [6.45, 7) is 12.4. The van der Waals surface area contributed by atoms with Gasteiger partial charge in [0.1, 0.15) is 6.04 Å². The maximum Gasteiger partial charge on any atom is 0.242 e. The molecule has 6 nitrogen and oxygen atoms in total. The van der Waals surface area contributed by atoms with Gasteiger partial charge in [0.15, 0.2) is 11.5 Å². The molecule has 0 spiro atoms. The summed E-state index contributed by atoms with van der Waals surface area (Å²) in [7, 11) is 0. The topological polar surface area (TPSA) is 67.9 Å². The Hall–Kier alpha value is -2.44. The van der Waals surface area contributed by atoms with E-state index in [4.69, 9.17) is 32.7 Å². The predicted molar refractivity (Wildman–Crippen MR) is 141 cm³/mol.